The second kappa shape index (κ2) is 6.78. The number of nitrogens with one attached hydrogen (secondary N) is 1. The van der Waals surface area contributed by atoms with Gasteiger partial charge in [-0.05, 0) is 31.1 Å². The molecule has 2 aliphatic rings. The number of halogens is 1. The Morgan fingerprint density at radius 2 is 2.14 bits per heavy atom. The van der Waals surface area contributed by atoms with Crippen molar-refractivity contribution in [2.75, 3.05) is 20.2 Å². The van der Waals surface area contributed by atoms with E-state index in [1.165, 1.54) is 30.0 Å². The zero-order valence-corrected chi connectivity index (χ0v) is 15.5. The van der Waals surface area contributed by atoms with Gasteiger partial charge >= 0.3 is 0 Å². The molecule has 1 N–H and O–H groups in total. The summed E-state index contributed by atoms with van der Waals surface area (Å²) in [4.78, 5) is 26.4. The summed E-state index contributed by atoms with van der Waals surface area (Å²) >= 11 is 0. The van der Waals surface area contributed by atoms with Crippen molar-refractivity contribution in [1.29, 1.82) is 0 Å². The zero-order chi connectivity index (χ0) is 19.9. The number of amides is 2. The number of aromatic nitrogens is 2. The molecule has 1 aliphatic heterocycles. The summed E-state index contributed by atoms with van der Waals surface area (Å²) in [5, 5.41) is 7.21. The van der Waals surface area contributed by atoms with Crippen LogP contribution >= 0.6 is 0 Å². The first kappa shape index (κ1) is 18.2. The van der Waals surface area contributed by atoms with Gasteiger partial charge in [-0.1, -0.05) is 18.7 Å². The normalized spacial score (nSPS) is 19.5. The van der Waals surface area contributed by atoms with Crippen molar-refractivity contribution in [1.82, 2.24) is 20.0 Å². The highest BCUT2D eigenvalue weighted by Crippen LogP contribution is 2.53. The van der Waals surface area contributed by atoms with E-state index in [9.17, 15) is 14.0 Å². The van der Waals surface area contributed by atoms with E-state index in [-0.39, 0.29) is 40.5 Å². The van der Waals surface area contributed by atoms with Gasteiger partial charge in [-0.25, -0.2) is 4.39 Å². The number of hydrogen-bond acceptors (Lipinski definition) is 4. The largest absolute Gasteiger partial charge is 0.481 e. The van der Waals surface area contributed by atoms with Crippen LogP contribution in [0.15, 0.2) is 43.0 Å². The van der Waals surface area contributed by atoms with Gasteiger partial charge in [-0.2, -0.15) is 9.78 Å². The molecular formula is C20H21FN4O3. The molecular weight excluding hydrogens is 363 g/mol. The van der Waals surface area contributed by atoms with Gasteiger partial charge in [0.2, 0.25) is 11.8 Å². The molecule has 1 aliphatic carbocycles. The van der Waals surface area contributed by atoms with Crippen LogP contribution in [0.2, 0.25) is 0 Å². The van der Waals surface area contributed by atoms with E-state index in [1.54, 1.807) is 23.1 Å². The molecule has 146 valence electrons. The Bertz CT molecular complexity index is 951. The molecule has 7 nitrogen and oxygen atoms in total. The van der Waals surface area contributed by atoms with Crippen LogP contribution in [0.3, 0.4) is 0 Å². The maximum atomic E-state index is 14.2. The minimum Gasteiger partial charge on any atom is -0.481 e. The minimum absolute atomic E-state index is 0.0630. The van der Waals surface area contributed by atoms with Crippen LogP contribution in [-0.4, -0.2) is 52.7 Å². The maximum absolute atomic E-state index is 14.2. The van der Waals surface area contributed by atoms with Gasteiger partial charge in [-0.15, -0.1) is 0 Å². The predicted octanol–water partition coefficient (Wildman–Crippen LogP) is 1.93. The highest BCUT2D eigenvalue weighted by atomic mass is 19.1. The van der Waals surface area contributed by atoms with Gasteiger partial charge in [0.25, 0.3) is 5.91 Å². The number of hydrogen-bond donors (Lipinski definition) is 1. The standard InChI is InChI=1S/C20H21FN4O3/c1-3-17(26)22-16-11-24(12-20(16)8-9-20)19(27)14-10-18(28-2)25(23-14)15-7-5-4-6-13(15)21/h3-7,10,16H,1,8-9,11-12H2,2H3,(H,22,26). The van der Waals surface area contributed by atoms with E-state index >= 15 is 0 Å². The second-order valence-electron chi connectivity index (χ2n) is 7.25. The molecule has 0 radical (unpaired) electrons. The summed E-state index contributed by atoms with van der Waals surface area (Å²) < 4.78 is 20.7. The average Bonchev–Trinajstić information content (AvgIpc) is 3.21. The highest BCUT2D eigenvalue weighted by molar-refractivity contribution is 5.93. The second-order valence-corrected chi connectivity index (χ2v) is 7.25. The van der Waals surface area contributed by atoms with Crippen molar-refractivity contribution in [2.45, 2.75) is 18.9 Å². The summed E-state index contributed by atoms with van der Waals surface area (Å²) in [7, 11) is 1.44. The third kappa shape index (κ3) is 3.04. The molecule has 4 rings (SSSR count). The third-order valence-corrected chi connectivity index (χ3v) is 5.51. The van der Waals surface area contributed by atoms with Gasteiger partial charge in [0, 0.05) is 24.6 Å². The summed E-state index contributed by atoms with van der Waals surface area (Å²) in [6.07, 6.45) is 3.17. The molecule has 1 aromatic heterocycles. The third-order valence-electron chi connectivity index (χ3n) is 5.51. The van der Waals surface area contributed by atoms with Crippen molar-refractivity contribution in [3.05, 3.63) is 54.5 Å². The molecule has 2 amide bonds. The van der Waals surface area contributed by atoms with E-state index in [0.29, 0.717) is 13.1 Å². The molecule has 28 heavy (non-hydrogen) atoms. The molecule has 1 saturated carbocycles. The lowest BCUT2D eigenvalue weighted by Gasteiger charge is -2.17. The van der Waals surface area contributed by atoms with Crippen LogP contribution in [0.5, 0.6) is 5.88 Å². The average molecular weight is 384 g/mol. The number of nitrogens with zero attached hydrogens (tertiary/aromatic N) is 3. The molecule has 1 spiro atoms. The van der Waals surface area contributed by atoms with Crippen molar-refractivity contribution in [2.24, 2.45) is 5.41 Å². The SMILES string of the molecule is C=CC(=O)NC1CN(C(=O)c2cc(OC)n(-c3ccccc3F)n2)CC12CC2. The number of benzene rings is 1. The van der Waals surface area contributed by atoms with Gasteiger partial charge in [-0.3, -0.25) is 9.59 Å². The van der Waals surface area contributed by atoms with Crippen molar-refractivity contribution < 1.29 is 18.7 Å². The molecule has 2 aromatic rings. The van der Waals surface area contributed by atoms with Crippen LogP contribution < -0.4 is 10.1 Å². The van der Waals surface area contributed by atoms with Gasteiger partial charge < -0.3 is 15.0 Å². The lowest BCUT2D eigenvalue weighted by molar-refractivity contribution is -0.117. The van der Waals surface area contributed by atoms with Crippen LogP contribution in [0, 0.1) is 11.2 Å². The Kier molecular flexibility index (Phi) is 4.41. The molecule has 1 aromatic carbocycles. The molecule has 0 bridgehead atoms. The Morgan fingerprint density at radius 1 is 1.39 bits per heavy atom. The highest BCUT2D eigenvalue weighted by Gasteiger charge is 2.56. The quantitative estimate of drug-likeness (QED) is 0.800. The Hall–Kier alpha value is -3.16. The zero-order valence-electron chi connectivity index (χ0n) is 15.5. The van der Waals surface area contributed by atoms with Crippen molar-refractivity contribution >= 4 is 11.8 Å². The molecule has 1 saturated heterocycles. The van der Waals surface area contributed by atoms with Crippen LogP contribution in [0.4, 0.5) is 4.39 Å². The molecule has 1 atom stereocenters. The van der Waals surface area contributed by atoms with Crippen molar-refractivity contribution in [3.8, 4) is 11.6 Å². The maximum Gasteiger partial charge on any atom is 0.274 e. The first-order valence-corrected chi connectivity index (χ1v) is 9.08. The number of carbonyl (C=O) groups is 2. The van der Waals surface area contributed by atoms with Gasteiger partial charge in [0.15, 0.2) is 5.69 Å². The molecule has 2 heterocycles. The number of carbonyl (C=O) groups excluding carboxylic acids is 2. The summed E-state index contributed by atoms with van der Waals surface area (Å²) in [5.74, 6) is -0.704. The van der Waals surface area contributed by atoms with E-state index in [1.807, 2.05) is 0 Å². The van der Waals surface area contributed by atoms with Gasteiger partial charge in [0.1, 0.15) is 11.5 Å². The van der Waals surface area contributed by atoms with E-state index in [4.69, 9.17) is 4.74 Å². The Balaban J connectivity index is 1.58. The van der Waals surface area contributed by atoms with Gasteiger partial charge in [0.05, 0.1) is 13.2 Å². The number of methoxy groups -OCH3 is 1. The molecule has 2 fully saturated rings. The fourth-order valence-corrected chi connectivity index (χ4v) is 3.79. The Morgan fingerprint density at radius 3 is 2.79 bits per heavy atom. The first-order chi connectivity index (χ1) is 13.5. The van der Waals surface area contributed by atoms with Crippen LogP contribution in [0.1, 0.15) is 23.3 Å². The lowest BCUT2D eigenvalue weighted by atomic mass is 10.0. The fourth-order valence-electron chi connectivity index (χ4n) is 3.79. The first-order valence-electron chi connectivity index (χ1n) is 9.08. The monoisotopic (exact) mass is 384 g/mol. The van der Waals surface area contributed by atoms with Crippen LogP contribution in [0.25, 0.3) is 5.69 Å². The summed E-state index contributed by atoms with van der Waals surface area (Å²) in [6, 6.07) is 7.56. The Labute approximate surface area is 161 Å². The molecule has 1 unspecified atom stereocenters. The number of ether oxygens (including phenoxy) is 1. The smallest absolute Gasteiger partial charge is 0.274 e. The fraction of sp³-hybridized carbons (Fsp3) is 0.350. The predicted molar refractivity (Wildman–Crippen MR) is 99.8 cm³/mol. The number of para-hydroxylation sites is 1. The van der Waals surface area contributed by atoms with E-state index < -0.39 is 5.82 Å². The minimum atomic E-state index is -0.465. The van der Waals surface area contributed by atoms with Crippen LogP contribution in [-0.2, 0) is 4.79 Å². The topological polar surface area (TPSA) is 76.5 Å². The van der Waals surface area contributed by atoms with E-state index in [2.05, 4.69) is 17.0 Å². The lowest BCUT2D eigenvalue weighted by Crippen LogP contribution is -2.41. The summed E-state index contributed by atoms with van der Waals surface area (Å²) in [5.41, 5.74) is 0.313. The van der Waals surface area contributed by atoms with E-state index in [0.717, 1.165) is 12.8 Å². The number of likely N-dealkylation sites (tertiary alicyclic amines) is 1. The summed E-state index contributed by atoms with van der Waals surface area (Å²) in [6.45, 7) is 4.45. The van der Waals surface area contributed by atoms with Crippen molar-refractivity contribution in [3.63, 3.8) is 0 Å². The molecule has 8 heteroatoms. The number of rotatable bonds is 5.